The molecule has 0 atom stereocenters. The minimum atomic E-state index is -0.574. The quantitative estimate of drug-likeness (QED) is 0.583. The number of carbonyl (C=O) groups is 1. The summed E-state index contributed by atoms with van der Waals surface area (Å²) >= 11 is 6.99. The van der Waals surface area contributed by atoms with Crippen LogP contribution in [0.5, 0.6) is 0 Å². The number of fused-ring (bicyclic) bond motifs is 1. The maximum Gasteiger partial charge on any atom is 0.270 e. The lowest BCUT2D eigenvalue weighted by molar-refractivity contribution is -0.384. The van der Waals surface area contributed by atoms with E-state index in [4.69, 9.17) is 11.6 Å². The lowest BCUT2D eigenvalue weighted by Gasteiger charge is -2.07. The summed E-state index contributed by atoms with van der Waals surface area (Å²) in [6.07, 6.45) is 0. The van der Waals surface area contributed by atoms with Gasteiger partial charge < -0.3 is 5.32 Å². The first-order chi connectivity index (χ1) is 10.6. The lowest BCUT2D eigenvalue weighted by atomic mass is 10.2. The molecule has 0 spiro atoms. The first-order valence-corrected chi connectivity index (χ1v) is 7.13. The number of nitrogens with one attached hydrogen (secondary N) is 1. The van der Waals surface area contributed by atoms with E-state index in [9.17, 15) is 14.9 Å². The van der Waals surface area contributed by atoms with Crippen LogP contribution < -0.4 is 5.32 Å². The molecule has 0 unspecified atom stereocenters. The summed E-state index contributed by atoms with van der Waals surface area (Å²) < 4.78 is 8.20. The van der Waals surface area contributed by atoms with E-state index in [2.05, 4.69) is 14.1 Å². The van der Waals surface area contributed by atoms with E-state index in [1.165, 1.54) is 12.1 Å². The largest absolute Gasteiger partial charge is 0.320 e. The van der Waals surface area contributed by atoms with Gasteiger partial charge in [0, 0.05) is 12.1 Å². The molecule has 22 heavy (non-hydrogen) atoms. The minimum Gasteiger partial charge on any atom is -0.320 e. The Morgan fingerprint density at radius 1 is 1.27 bits per heavy atom. The molecule has 2 aromatic carbocycles. The van der Waals surface area contributed by atoms with Gasteiger partial charge in [0.15, 0.2) is 0 Å². The van der Waals surface area contributed by atoms with Gasteiger partial charge >= 0.3 is 0 Å². The van der Waals surface area contributed by atoms with Crippen LogP contribution in [0.2, 0.25) is 5.02 Å². The van der Waals surface area contributed by atoms with Crippen LogP contribution >= 0.6 is 23.3 Å². The fourth-order valence-corrected chi connectivity index (χ4v) is 2.71. The zero-order valence-corrected chi connectivity index (χ0v) is 12.4. The molecule has 1 amide bonds. The molecule has 0 saturated carbocycles. The predicted molar refractivity (Wildman–Crippen MR) is 83.5 cm³/mol. The van der Waals surface area contributed by atoms with Crippen LogP contribution in [-0.2, 0) is 0 Å². The Bertz CT molecular complexity index is 896. The summed E-state index contributed by atoms with van der Waals surface area (Å²) in [5.74, 6) is -0.472. The molecule has 7 nitrogen and oxygen atoms in total. The highest BCUT2D eigenvalue weighted by atomic mass is 35.5. The predicted octanol–water partition coefficient (Wildman–Crippen LogP) is 3.51. The van der Waals surface area contributed by atoms with Crippen LogP contribution in [0.15, 0.2) is 36.4 Å². The summed E-state index contributed by atoms with van der Waals surface area (Å²) in [6, 6.07) is 8.91. The first kappa shape index (κ1) is 14.4. The van der Waals surface area contributed by atoms with Gasteiger partial charge in [-0.3, -0.25) is 14.9 Å². The molecule has 0 aliphatic heterocycles. The van der Waals surface area contributed by atoms with E-state index >= 15 is 0 Å². The molecule has 9 heteroatoms. The Morgan fingerprint density at radius 2 is 2.09 bits per heavy atom. The van der Waals surface area contributed by atoms with E-state index in [1.54, 1.807) is 18.2 Å². The number of hydrogen-bond donors (Lipinski definition) is 1. The average Bonchev–Trinajstić information content (AvgIpc) is 2.96. The summed E-state index contributed by atoms with van der Waals surface area (Å²) in [4.78, 5) is 22.4. The third kappa shape index (κ3) is 2.61. The van der Waals surface area contributed by atoms with Crippen molar-refractivity contribution in [1.82, 2.24) is 8.75 Å². The molecule has 0 saturated heterocycles. The topological polar surface area (TPSA) is 98.0 Å². The number of benzene rings is 2. The number of aromatic nitrogens is 2. The van der Waals surface area contributed by atoms with Crippen LogP contribution in [0.1, 0.15) is 10.4 Å². The van der Waals surface area contributed by atoms with Crippen molar-refractivity contribution in [2.75, 3.05) is 5.32 Å². The maximum atomic E-state index is 12.3. The molecule has 1 N–H and O–H groups in total. The van der Waals surface area contributed by atoms with Crippen LogP contribution in [0, 0.1) is 10.1 Å². The van der Waals surface area contributed by atoms with E-state index < -0.39 is 10.8 Å². The smallest absolute Gasteiger partial charge is 0.270 e. The fourth-order valence-electron chi connectivity index (χ4n) is 1.90. The molecule has 1 aromatic heterocycles. The van der Waals surface area contributed by atoms with E-state index in [-0.39, 0.29) is 16.3 Å². The van der Waals surface area contributed by atoms with Crippen LogP contribution in [-0.4, -0.2) is 19.6 Å². The van der Waals surface area contributed by atoms with Gasteiger partial charge in [-0.15, -0.1) is 0 Å². The SMILES string of the molecule is O=C(Nc1cccc2nsnc12)c1ccc([N+](=O)[O-])cc1Cl. The van der Waals surface area contributed by atoms with Gasteiger partial charge in [-0.2, -0.15) is 8.75 Å². The number of rotatable bonds is 3. The number of carbonyl (C=O) groups excluding carboxylic acids is 1. The van der Waals surface area contributed by atoms with E-state index in [0.717, 1.165) is 17.8 Å². The standard InChI is InChI=1S/C13H7ClN4O3S/c14-9-6-7(18(20)21)4-5-8(9)13(19)15-10-2-1-3-11-12(10)17-22-16-11/h1-6H,(H,15,19). The average molecular weight is 335 g/mol. The Balaban J connectivity index is 1.92. The Labute approximate surface area is 133 Å². The van der Waals surface area contributed by atoms with Gasteiger partial charge in [0.05, 0.1) is 32.9 Å². The van der Waals surface area contributed by atoms with Crippen molar-refractivity contribution in [3.8, 4) is 0 Å². The highest BCUT2D eigenvalue weighted by Gasteiger charge is 2.16. The molecule has 0 fully saturated rings. The van der Waals surface area contributed by atoms with Crippen molar-refractivity contribution in [2.45, 2.75) is 0 Å². The second-order valence-electron chi connectivity index (χ2n) is 4.31. The number of nitro benzene ring substituents is 1. The Morgan fingerprint density at radius 3 is 2.82 bits per heavy atom. The monoisotopic (exact) mass is 334 g/mol. The molecule has 1 heterocycles. The van der Waals surface area contributed by atoms with Gasteiger partial charge in [-0.25, -0.2) is 0 Å². The number of non-ortho nitro benzene ring substituents is 1. The normalized spacial score (nSPS) is 10.6. The molecule has 0 bridgehead atoms. The molecule has 3 rings (SSSR count). The summed E-state index contributed by atoms with van der Waals surface area (Å²) in [7, 11) is 0. The fraction of sp³-hybridized carbons (Fsp3) is 0. The van der Waals surface area contributed by atoms with Crippen LogP contribution in [0.4, 0.5) is 11.4 Å². The van der Waals surface area contributed by atoms with Gasteiger partial charge in [0.1, 0.15) is 11.0 Å². The zero-order valence-electron chi connectivity index (χ0n) is 10.8. The lowest BCUT2D eigenvalue weighted by Crippen LogP contribution is -2.13. The van der Waals surface area contributed by atoms with Crippen molar-refractivity contribution in [1.29, 1.82) is 0 Å². The molecule has 0 aliphatic rings. The minimum absolute atomic E-state index is 0.00952. The second-order valence-corrected chi connectivity index (χ2v) is 5.25. The van der Waals surface area contributed by atoms with Crippen molar-refractivity contribution in [3.05, 3.63) is 57.1 Å². The Hall–Kier alpha value is -2.58. The number of anilines is 1. The first-order valence-electron chi connectivity index (χ1n) is 6.03. The number of nitro groups is 1. The van der Waals surface area contributed by atoms with E-state index in [1.807, 2.05) is 0 Å². The number of nitrogens with zero attached hydrogens (tertiary/aromatic N) is 3. The molecule has 3 aromatic rings. The van der Waals surface area contributed by atoms with Crippen molar-refractivity contribution in [2.24, 2.45) is 0 Å². The van der Waals surface area contributed by atoms with Gasteiger partial charge in [-0.1, -0.05) is 17.7 Å². The van der Waals surface area contributed by atoms with Gasteiger partial charge in [0.2, 0.25) is 0 Å². The molecular formula is C13H7ClN4O3S. The highest BCUT2D eigenvalue weighted by molar-refractivity contribution is 7.00. The van der Waals surface area contributed by atoms with E-state index in [0.29, 0.717) is 16.7 Å². The summed E-state index contributed by atoms with van der Waals surface area (Å²) in [5, 5.41) is 13.4. The van der Waals surface area contributed by atoms with Crippen LogP contribution in [0.25, 0.3) is 11.0 Å². The summed E-state index contributed by atoms with van der Waals surface area (Å²) in [6.45, 7) is 0. The molecule has 0 aliphatic carbocycles. The second kappa shape index (κ2) is 5.66. The van der Waals surface area contributed by atoms with Crippen molar-refractivity contribution >= 4 is 51.6 Å². The van der Waals surface area contributed by atoms with Gasteiger partial charge in [-0.05, 0) is 18.2 Å². The maximum absolute atomic E-state index is 12.3. The van der Waals surface area contributed by atoms with Gasteiger partial charge in [0.25, 0.3) is 11.6 Å². The Kier molecular flexibility index (Phi) is 3.70. The number of amides is 1. The zero-order chi connectivity index (χ0) is 15.7. The molecule has 110 valence electrons. The van der Waals surface area contributed by atoms with Crippen LogP contribution in [0.3, 0.4) is 0 Å². The third-order valence-corrected chi connectivity index (χ3v) is 3.80. The van der Waals surface area contributed by atoms with Crippen molar-refractivity contribution < 1.29 is 9.72 Å². The highest BCUT2D eigenvalue weighted by Crippen LogP contribution is 2.25. The summed E-state index contributed by atoms with van der Waals surface area (Å²) in [5.41, 5.74) is 1.74. The molecular weight excluding hydrogens is 328 g/mol. The number of halogens is 1. The third-order valence-electron chi connectivity index (χ3n) is 2.94. The number of hydrogen-bond acceptors (Lipinski definition) is 6. The van der Waals surface area contributed by atoms with Crippen molar-refractivity contribution in [3.63, 3.8) is 0 Å². The molecule has 0 radical (unpaired) electrons.